The molecule has 0 saturated carbocycles. The van der Waals surface area contributed by atoms with Crippen molar-refractivity contribution >= 4 is 24.7 Å². The largest absolute Gasteiger partial charge is 0.494 e. The van der Waals surface area contributed by atoms with Gasteiger partial charge < -0.3 is 30.2 Å². The number of aromatic nitrogens is 2. The second-order valence-electron chi connectivity index (χ2n) is 11.4. The van der Waals surface area contributed by atoms with Crippen molar-refractivity contribution in [2.45, 2.75) is 50.5 Å². The highest BCUT2D eigenvalue weighted by Gasteiger charge is 2.30. The number of ether oxygens (including phenoxy) is 2. The summed E-state index contributed by atoms with van der Waals surface area (Å²) in [6.45, 7) is 1.05. The van der Waals surface area contributed by atoms with Crippen molar-refractivity contribution in [3.63, 3.8) is 0 Å². The summed E-state index contributed by atoms with van der Waals surface area (Å²) in [7, 11) is -1.85. The fraction of sp³-hybridized carbons (Fsp3) is 0.286. The van der Waals surface area contributed by atoms with Crippen molar-refractivity contribution in [3.8, 4) is 11.5 Å². The van der Waals surface area contributed by atoms with Gasteiger partial charge in [-0.05, 0) is 66.6 Å². The maximum Gasteiger partial charge on any atom is 0.475 e. The first kappa shape index (κ1) is 33.3. The number of Topliss-reactive ketones (excluding diaryl/α,β-unsaturated/α-hetero) is 1. The first-order chi connectivity index (χ1) is 22.8. The third kappa shape index (κ3) is 9.96. The first-order valence-electron chi connectivity index (χ1n) is 15.6. The lowest BCUT2D eigenvalue weighted by Gasteiger charge is -2.23. The number of ketones is 1. The molecule has 4 aliphatic rings. The number of benzene rings is 3. The number of nitrogens with one attached hydrogen (secondary N) is 2. The number of amides is 2. The highest BCUT2D eigenvalue weighted by molar-refractivity contribution is 6.43. The molecule has 0 spiro atoms. The molecule has 8 rings (SSSR count). The zero-order chi connectivity index (χ0) is 33.0. The third-order valence-electron chi connectivity index (χ3n) is 7.76. The van der Waals surface area contributed by atoms with Crippen molar-refractivity contribution in [1.29, 1.82) is 0 Å². The molecule has 242 valence electrons. The molecule has 4 N–H and O–H groups in total. The SMILES string of the molecule is O=C1CCc2ccc(cc2)OCCCCOc2ccc(cc2)C[C@@H](C(=O)N[C@@H](Cc2ccccc2)B(O)O)NC(=O)c2cncc1n2. The second-order valence-corrected chi connectivity index (χ2v) is 11.4. The van der Waals surface area contributed by atoms with Gasteiger partial charge in [0.1, 0.15) is 28.9 Å². The van der Waals surface area contributed by atoms with E-state index in [2.05, 4.69) is 20.6 Å². The van der Waals surface area contributed by atoms with E-state index >= 15 is 0 Å². The molecule has 5 heterocycles. The molecule has 0 aliphatic carbocycles. The first-order valence-corrected chi connectivity index (χ1v) is 15.6. The summed E-state index contributed by atoms with van der Waals surface area (Å²) in [4.78, 5) is 48.3. The Labute approximate surface area is 273 Å². The molecule has 4 aliphatic heterocycles. The summed E-state index contributed by atoms with van der Waals surface area (Å²) in [6.07, 6.45) is 5.00. The van der Waals surface area contributed by atoms with Crippen LogP contribution >= 0.6 is 0 Å². The molecule has 0 fully saturated rings. The number of rotatable bonds is 5. The number of hydrogen-bond donors (Lipinski definition) is 4. The van der Waals surface area contributed by atoms with Crippen LogP contribution in [-0.4, -0.2) is 69.9 Å². The molecular formula is C35H37BN4O7. The number of carbonyl (C=O) groups is 3. The molecule has 2 atom stereocenters. The maximum absolute atomic E-state index is 13.6. The normalized spacial score (nSPS) is 16.6. The van der Waals surface area contributed by atoms with Gasteiger partial charge in [-0.25, -0.2) is 4.98 Å². The molecule has 1 aromatic heterocycles. The monoisotopic (exact) mass is 636 g/mol. The van der Waals surface area contributed by atoms with E-state index in [1.807, 2.05) is 54.6 Å². The van der Waals surface area contributed by atoms with Gasteiger partial charge in [-0.1, -0.05) is 54.6 Å². The van der Waals surface area contributed by atoms with Crippen molar-refractivity contribution in [1.82, 2.24) is 20.6 Å². The lowest BCUT2D eigenvalue weighted by Crippen LogP contribution is -2.55. The van der Waals surface area contributed by atoms with Gasteiger partial charge >= 0.3 is 7.12 Å². The summed E-state index contributed by atoms with van der Waals surface area (Å²) in [5, 5.41) is 25.5. The molecule has 11 nitrogen and oxygen atoms in total. The Kier molecular flexibility index (Phi) is 11.7. The topological polar surface area (TPSA) is 160 Å². The summed E-state index contributed by atoms with van der Waals surface area (Å²) in [5.41, 5.74) is 2.38. The Morgan fingerprint density at radius 3 is 2.11 bits per heavy atom. The van der Waals surface area contributed by atoms with E-state index in [1.54, 1.807) is 24.3 Å². The Morgan fingerprint density at radius 2 is 1.47 bits per heavy atom. The van der Waals surface area contributed by atoms with Crippen LogP contribution in [0.3, 0.4) is 0 Å². The van der Waals surface area contributed by atoms with Gasteiger partial charge in [0.25, 0.3) is 5.91 Å². The Balaban J connectivity index is 1.37. The smallest absolute Gasteiger partial charge is 0.475 e. The van der Waals surface area contributed by atoms with E-state index in [9.17, 15) is 24.4 Å². The summed E-state index contributed by atoms with van der Waals surface area (Å²) >= 11 is 0. The van der Waals surface area contributed by atoms with Crippen LogP contribution < -0.4 is 20.1 Å². The number of nitrogens with zero attached hydrogens (tertiary/aromatic N) is 2. The van der Waals surface area contributed by atoms with Crippen molar-refractivity contribution in [2.75, 3.05) is 13.2 Å². The molecule has 2 amide bonds. The van der Waals surface area contributed by atoms with Gasteiger partial charge in [-0.3, -0.25) is 19.4 Å². The van der Waals surface area contributed by atoms with Gasteiger partial charge in [0.15, 0.2) is 5.78 Å². The quantitative estimate of drug-likeness (QED) is 0.242. The highest BCUT2D eigenvalue weighted by Crippen LogP contribution is 2.17. The molecular weight excluding hydrogens is 599 g/mol. The van der Waals surface area contributed by atoms with Crippen molar-refractivity contribution in [3.05, 3.63) is 119 Å². The standard InChI is InChI=1S/C35H37BN4O7/c41-32-17-12-24-8-13-27(14-9-24)46-18-4-5-19-47-28-15-10-26(11-16-28)20-29(39-35(43)31-23-37-22-30(32)38-31)34(42)40-33(36(44)45)21-25-6-2-1-3-7-25/h1-3,6-11,13-16,22-23,29,33,44-45H,4-5,12,17-21H2,(H,39,43)(H,40,42)/t29-,33-/m0/s1. The zero-order valence-electron chi connectivity index (χ0n) is 25.9. The third-order valence-corrected chi connectivity index (χ3v) is 7.76. The van der Waals surface area contributed by atoms with Crippen LogP contribution in [0.25, 0.3) is 0 Å². The highest BCUT2D eigenvalue weighted by atomic mass is 16.5. The fourth-order valence-corrected chi connectivity index (χ4v) is 5.11. The summed E-state index contributed by atoms with van der Waals surface area (Å²) in [5.74, 6) is -1.24. The minimum atomic E-state index is -1.85. The van der Waals surface area contributed by atoms with Gasteiger partial charge in [0.05, 0.1) is 31.5 Å². The van der Waals surface area contributed by atoms with E-state index in [0.29, 0.717) is 25.4 Å². The summed E-state index contributed by atoms with van der Waals surface area (Å²) in [6, 6.07) is 22.7. The van der Waals surface area contributed by atoms with Crippen LogP contribution in [0.2, 0.25) is 0 Å². The molecule has 0 saturated heterocycles. The van der Waals surface area contributed by atoms with Gasteiger partial charge in [-0.2, -0.15) is 0 Å². The van der Waals surface area contributed by atoms with Gasteiger partial charge in [-0.15, -0.1) is 0 Å². The number of aryl methyl sites for hydroxylation is 1. The molecule has 0 unspecified atom stereocenters. The van der Waals surface area contributed by atoms with Crippen LogP contribution in [0.4, 0.5) is 0 Å². The van der Waals surface area contributed by atoms with E-state index in [-0.39, 0.29) is 36.4 Å². The number of hydrogen-bond acceptors (Lipinski definition) is 9. The predicted molar refractivity (Wildman–Crippen MR) is 175 cm³/mol. The van der Waals surface area contributed by atoms with Crippen LogP contribution in [0.5, 0.6) is 11.5 Å². The zero-order valence-corrected chi connectivity index (χ0v) is 25.9. The Bertz CT molecular complexity index is 1640. The van der Waals surface area contributed by atoms with Crippen LogP contribution in [-0.2, 0) is 24.1 Å². The Morgan fingerprint density at radius 1 is 0.851 bits per heavy atom. The van der Waals surface area contributed by atoms with Crippen LogP contribution in [0, 0.1) is 0 Å². The van der Waals surface area contributed by atoms with E-state index in [0.717, 1.165) is 35.3 Å². The maximum atomic E-state index is 13.6. The number of carbonyl (C=O) groups excluding carboxylic acids is 3. The predicted octanol–water partition coefficient (Wildman–Crippen LogP) is 2.92. The van der Waals surface area contributed by atoms with Gasteiger partial charge in [0, 0.05) is 12.8 Å². The molecule has 12 heteroatoms. The van der Waals surface area contributed by atoms with Gasteiger partial charge in [0.2, 0.25) is 5.91 Å². The summed E-state index contributed by atoms with van der Waals surface area (Å²) < 4.78 is 11.7. The minimum absolute atomic E-state index is 0.0370. The van der Waals surface area contributed by atoms with Crippen LogP contribution in [0.15, 0.2) is 91.3 Å². The van der Waals surface area contributed by atoms with E-state index in [4.69, 9.17) is 9.47 Å². The second kappa shape index (κ2) is 16.5. The fourth-order valence-electron chi connectivity index (χ4n) is 5.11. The van der Waals surface area contributed by atoms with Crippen LogP contribution in [0.1, 0.15) is 56.9 Å². The molecule has 4 aromatic rings. The van der Waals surface area contributed by atoms with E-state index in [1.165, 1.54) is 12.4 Å². The average molecular weight is 637 g/mol. The molecule has 0 radical (unpaired) electrons. The van der Waals surface area contributed by atoms with E-state index < -0.39 is 30.9 Å². The lowest BCUT2D eigenvalue weighted by atomic mass is 9.75. The molecule has 6 bridgehead atoms. The lowest BCUT2D eigenvalue weighted by molar-refractivity contribution is -0.123. The average Bonchev–Trinajstić information content (AvgIpc) is 3.09. The molecule has 47 heavy (non-hydrogen) atoms. The minimum Gasteiger partial charge on any atom is -0.494 e. The van der Waals surface area contributed by atoms with Crippen molar-refractivity contribution < 1.29 is 33.9 Å². The molecule has 3 aromatic carbocycles. The van der Waals surface area contributed by atoms with Crippen molar-refractivity contribution in [2.24, 2.45) is 0 Å². The Hall–Kier alpha value is -5.07.